The van der Waals surface area contributed by atoms with Gasteiger partial charge in [-0.1, -0.05) is 140 Å². The first-order chi connectivity index (χ1) is 24.5. The van der Waals surface area contributed by atoms with Gasteiger partial charge >= 0.3 is 0 Å². The van der Waals surface area contributed by atoms with Gasteiger partial charge in [0.05, 0.1) is 0 Å². The van der Waals surface area contributed by atoms with E-state index in [1.807, 2.05) is 23.5 Å². The van der Waals surface area contributed by atoms with Crippen LogP contribution in [0.15, 0.2) is 146 Å². The van der Waals surface area contributed by atoms with Crippen LogP contribution in [0.3, 0.4) is 0 Å². The Balaban J connectivity index is 1.03. The molecule has 0 amide bonds. The van der Waals surface area contributed by atoms with E-state index in [-0.39, 0.29) is 0 Å². The quantitative estimate of drug-likeness (QED) is 0.0953. The molecule has 0 aliphatic rings. The van der Waals surface area contributed by atoms with Crippen molar-refractivity contribution in [3.05, 3.63) is 174 Å². The van der Waals surface area contributed by atoms with Crippen molar-refractivity contribution >= 4 is 87.8 Å². The third-order valence-electron chi connectivity index (χ3n) is 9.97. The summed E-state index contributed by atoms with van der Waals surface area (Å²) in [4.78, 5) is 0. The fourth-order valence-electron chi connectivity index (χ4n) is 7.14. The van der Waals surface area contributed by atoms with Crippen molar-refractivity contribution in [3.63, 3.8) is 0 Å². The Bertz CT molecular complexity index is 2700. The minimum absolute atomic E-state index is 0.582. The molecule has 1 nitrogen and oxygen atoms in total. The third kappa shape index (κ3) is 5.78. The third-order valence-corrected chi connectivity index (χ3v) is 11.1. The Morgan fingerprint density at radius 2 is 1.12 bits per heavy atom. The van der Waals surface area contributed by atoms with Gasteiger partial charge in [0.15, 0.2) is 0 Å². The minimum Gasteiger partial charge on any atom is -0.305 e. The van der Waals surface area contributed by atoms with Crippen molar-refractivity contribution in [1.82, 2.24) is 0 Å². The zero-order valence-corrected chi connectivity index (χ0v) is 29.2. The van der Waals surface area contributed by atoms with Crippen molar-refractivity contribution in [2.75, 3.05) is 0 Å². The molecule has 0 spiro atoms. The number of nitrogens with one attached hydrogen (secondary N) is 1. The van der Waals surface area contributed by atoms with Crippen LogP contribution in [0.1, 0.15) is 34.2 Å². The lowest BCUT2D eigenvalue weighted by Gasteiger charge is -2.12. The maximum absolute atomic E-state index is 8.55. The average Bonchev–Trinajstić information content (AvgIpc) is 3.52. The van der Waals surface area contributed by atoms with Crippen molar-refractivity contribution in [1.29, 1.82) is 5.41 Å². The molecule has 0 aliphatic carbocycles. The molecule has 2 heteroatoms. The summed E-state index contributed by atoms with van der Waals surface area (Å²) in [5, 5.41) is 18.9. The Hall–Kier alpha value is -5.83. The van der Waals surface area contributed by atoms with E-state index in [1.54, 1.807) is 6.08 Å². The van der Waals surface area contributed by atoms with E-state index in [9.17, 15) is 0 Å². The highest BCUT2D eigenvalue weighted by Crippen LogP contribution is 2.40. The monoisotopic (exact) mass is 659 g/mol. The number of rotatable bonds is 8. The first kappa shape index (κ1) is 31.4. The molecule has 0 aliphatic heterocycles. The van der Waals surface area contributed by atoms with Crippen LogP contribution in [0.5, 0.6) is 0 Å². The molecular weight excluding hydrogens is 623 g/mol. The van der Waals surface area contributed by atoms with Crippen molar-refractivity contribution in [3.8, 4) is 11.1 Å². The molecule has 8 rings (SSSR count). The first-order valence-electron chi connectivity index (χ1n) is 17.1. The molecule has 0 unspecified atom stereocenters. The second-order valence-corrected chi connectivity index (χ2v) is 14.1. The summed E-state index contributed by atoms with van der Waals surface area (Å²) in [6, 6.07) is 42.2. The number of hydrogen-bond donors (Lipinski definition) is 1. The van der Waals surface area contributed by atoms with E-state index in [2.05, 4.69) is 160 Å². The Morgan fingerprint density at radius 1 is 0.580 bits per heavy atom. The van der Waals surface area contributed by atoms with Gasteiger partial charge in [-0.2, -0.15) is 0 Å². The van der Waals surface area contributed by atoms with Crippen molar-refractivity contribution in [2.45, 2.75) is 20.3 Å². The van der Waals surface area contributed by atoms with Gasteiger partial charge < -0.3 is 5.41 Å². The molecule has 0 fully saturated rings. The van der Waals surface area contributed by atoms with Gasteiger partial charge in [0.1, 0.15) is 0 Å². The van der Waals surface area contributed by atoms with Gasteiger partial charge in [0.2, 0.25) is 0 Å². The normalized spacial score (nSPS) is 12.2. The molecule has 0 atom stereocenters. The maximum Gasteiger partial charge on any atom is 0.0361 e. The molecular formula is C48H37NS. The molecule has 8 aromatic rings. The van der Waals surface area contributed by atoms with Gasteiger partial charge in [-0.25, -0.2) is 0 Å². The highest BCUT2D eigenvalue weighted by molar-refractivity contribution is 7.25. The van der Waals surface area contributed by atoms with Crippen LogP contribution < -0.4 is 0 Å². The van der Waals surface area contributed by atoms with Gasteiger partial charge in [0, 0.05) is 32.3 Å². The molecule has 0 radical (unpaired) electrons. The molecule has 1 N–H and O–H groups in total. The summed E-state index contributed by atoms with van der Waals surface area (Å²) >= 11 is 1.84. The van der Waals surface area contributed by atoms with Gasteiger partial charge in [0.25, 0.3) is 0 Å². The molecule has 1 heterocycles. The fraction of sp³-hybridized carbons (Fsp3) is 0.0625. The zero-order valence-electron chi connectivity index (χ0n) is 28.3. The Kier molecular flexibility index (Phi) is 8.32. The second-order valence-electron chi connectivity index (χ2n) is 13.0. The standard InChI is InChI=1S/C48H37NS/c1-4-5-11-34-20-21-35(32(3)31(34)2)12-10-13-38(49)24-18-33-19-25-44-45-27-23-37(30-48(45)50-47(44)28-33)36-22-26-43-41-16-7-6-14-39(41)40-15-8-9-17-42(40)46(43)29-36/h4-12,14-30,49H,1,13H2,2-3H3/b11-5-,12-10-,24-18+,49-38?. The predicted molar refractivity (Wildman–Crippen MR) is 223 cm³/mol. The van der Waals surface area contributed by atoms with Gasteiger partial charge in [-0.05, 0) is 109 Å². The number of thiophene rings is 1. The Labute approximate surface area is 297 Å². The SMILES string of the molecule is C=C/C=C\c1ccc(/C=C\CC(=N)/C=C/c2ccc3c(c2)sc2cc(-c4ccc5c6ccccc6c6ccccc6c5c4)ccc23)c(C)c1C. The highest BCUT2D eigenvalue weighted by atomic mass is 32.1. The summed E-state index contributed by atoms with van der Waals surface area (Å²) < 4.78 is 2.55. The predicted octanol–water partition coefficient (Wildman–Crippen LogP) is 14.1. The van der Waals surface area contributed by atoms with E-state index >= 15 is 0 Å². The van der Waals surface area contributed by atoms with Crippen LogP contribution in [-0.4, -0.2) is 5.71 Å². The lowest BCUT2D eigenvalue weighted by Crippen LogP contribution is -1.91. The summed E-state index contributed by atoms with van der Waals surface area (Å²) in [5.41, 5.74) is 9.09. The average molecular weight is 660 g/mol. The molecule has 0 saturated carbocycles. The van der Waals surface area contributed by atoms with E-state index < -0.39 is 0 Å². The van der Waals surface area contributed by atoms with Crippen LogP contribution in [0.2, 0.25) is 0 Å². The lowest BCUT2D eigenvalue weighted by molar-refractivity contribution is 1.31. The van der Waals surface area contributed by atoms with Crippen LogP contribution in [-0.2, 0) is 0 Å². The second kappa shape index (κ2) is 13.2. The number of hydrogen-bond acceptors (Lipinski definition) is 2. The lowest BCUT2D eigenvalue weighted by atomic mass is 9.92. The summed E-state index contributed by atoms with van der Waals surface area (Å²) in [6.45, 7) is 8.08. The summed E-state index contributed by atoms with van der Waals surface area (Å²) in [6.07, 6.45) is 14.6. The molecule has 7 aromatic carbocycles. The van der Waals surface area contributed by atoms with Crippen LogP contribution in [0, 0.1) is 19.3 Å². The number of allylic oxidation sites excluding steroid dienone is 4. The summed E-state index contributed by atoms with van der Waals surface area (Å²) in [5.74, 6) is 0. The van der Waals surface area contributed by atoms with E-state index in [0.717, 1.165) is 5.56 Å². The maximum atomic E-state index is 8.55. The van der Waals surface area contributed by atoms with E-state index in [0.29, 0.717) is 12.1 Å². The number of fused-ring (bicyclic) bond motifs is 9. The molecule has 240 valence electrons. The molecule has 1 aromatic heterocycles. The minimum atomic E-state index is 0.582. The van der Waals surface area contributed by atoms with Crippen LogP contribution in [0.25, 0.3) is 81.8 Å². The van der Waals surface area contributed by atoms with Crippen LogP contribution >= 0.6 is 11.3 Å². The fourth-order valence-corrected chi connectivity index (χ4v) is 8.33. The van der Waals surface area contributed by atoms with Gasteiger partial charge in [-0.15, -0.1) is 11.3 Å². The van der Waals surface area contributed by atoms with E-state index in [4.69, 9.17) is 5.41 Å². The summed E-state index contributed by atoms with van der Waals surface area (Å²) in [7, 11) is 0. The first-order valence-corrected chi connectivity index (χ1v) is 17.9. The number of benzene rings is 7. The smallest absolute Gasteiger partial charge is 0.0361 e. The van der Waals surface area contributed by atoms with Crippen LogP contribution in [0.4, 0.5) is 0 Å². The Morgan fingerprint density at radius 3 is 1.78 bits per heavy atom. The van der Waals surface area contributed by atoms with Crippen molar-refractivity contribution in [2.24, 2.45) is 0 Å². The molecule has 0 bridgehead atoms. The van der Waals surface area contributed by atoms with Gasteiger partial charge in [-0.3, -0.25) is 0 Å². The van der Waals surface area contributed by atoms with Crippen molar-refractivity contribution < 1.29 is 0 Å². The zero-order chi connectivity index (χ0) is 34.2. The highest BCUT2D eigenvalue weighted by Gasteiger charge is 2.11. The van der Waals surface area contributed by atoms with E-state index in [1.165, 1.54) is 85.9 Å². The molecule has 50 heavy (non-hydrogen) atoms. The largest absolute Gasteiger partial charge is 0.305 e. The molecule has 0 saturated heterocycles. The topological polar surface area (TPSA) is 23.9 Å².